The van der Waals surface area contributed by atoms with Gasteiger partial charge in [0.2, 0.25) is 11.9 Å². The summed E-state index contributed by atoms with van der Waals surface area (Å²) in [5.74, 6) is -0.700. The lowest BCUT2D eigenvalue weighted by molar-refractivity contribution is -0.121. The van der Waals surface area contributed by atoms with Crippen molar-refractivity contribution in [2.75, 3.05) is 5.32 Å². The number of pyridine rings is 1. The first-order valence-electron chi connectivity index (χ1n) is 16.0. The van der Waals surface area contributed by atoms with Crippen LogP contribution in [0.1, 0.15) is 112 Å². The molecule has 2 aliphatic rings. The number of hydrogen-bond donors (Lipinski definition) is 3. The minimum Gasteiger partial charge on any atom is -0.339 e. The number of aromatic amines is 1. The summed E-state index contributed by atoms with van der Waals surface area (Å²) < 4.78 is 16.9. The monoisotopic (exact) mass is 592 g/mol. The van der Waals surface area contributed by atoms with E-state index in [4.69, 9.17) is 0 Å². The highest BCUT2D eigenvalue weighted by atomic mass is 19.1. The molecule has 3 aromatic heterocycles. The quantitative estimate of drug-likeness (QED) is 0.237. The van der Waals surface area contributed by atoms with Gasteiger partial charge in [0.05, 0.1) is 17.9 Å². The van der Waals surface area contributed by atoms with Gasteiger partial charge >= 0.3 is 0 Å². The Morgan fingerprint density at radius 3 is 2.26 bits per heavy atom. The molecule has 2 fully saturated rings. The van der Waals surface area contributed by atoms with Gasteiger partial charge < -0.3 is 10.6 Å². The summed E-state index contributed by atoms with van der Waals surface area (Å²) in [6.07, 6.45) is 13.3. The van der Waals surface area contributed by atoms with Gasteiger partial charge in [-0.1, -0.05) is 76.3 Å². The van der Waals surface area contributed by atoms with Gasteiger partial charge in [-0.05, 0) is 57.1 Å². The van der Waals surface area contributed by atoms with Crippen LogP contribution in [0.5, 0.6) is 0 Å². The van der Waals surface area contributed by atoms with Gasteiger partial charge in [0.15, 0.2) is 0 Å². The topological polar surface area (TPSA) is 130 Å². The summed E-state index contributed by atoms with van der Waals surface area (Å²) >= 11 is 0. The third-order valence-electron chi connectivity index (χ3n) is 9.66. The van der Waals surface area contributed by atoms with Gasteiger partial charge in [0.1, 0.15) is 17.6 Å². The molecule has 0 radical (unpaired) electrons. The van der Waals surface area contributed by atoms with Crippen LogP contribution < -0.4 is 10.6 Å². The van der Waals surface area contributed by atoms with Gasteiger partial charge in [-0.3, -0.25) is 14.7 Å². The molecule has 0 saturated heterocycles. The summed E-state index contributed by atoms with van der Waals surface area (Å²) in [5.41, 5.74) is 2.73. The standard InChI is InChI=1S/C32H45FN8O2/c1-5-19(2)41-25(18-34-40-41)31(42)37-29(28(22-12-8-6-9-13-22)23-14-10-7-11-15-23)32(43)36-26-17-16-24(30(33)35-26)27-20(3)38-39-21(27)4/h16-19,22-23,28-29H,5-15H2,1-4H3,(H,37,42)(H,38,39)(H,35,36,43). The zero-order valence-corrected chi connectivity index (χ0v) is 25.8. The SMILES string of the molecule is CCC(C)n1nncc1C(=O)NC(C(=O)Nc1ccc(-c2c(C)n[nH]c2C)c(F)n1)C(C1CCCCC1)C1CCCCC1. The third-order valence-corrected chi connectivity index (χ3v) is 9.66. The van der Waals surface area contributed by atoms with E-state index in [2.05, 4.69) is 36.1 Å². The number of nitrogens with zero attached hydrogens (tertiary/aromatic N) is 5. The van der Waals surface area contributed by atoms with E-state index < -0.39 is 12.0 Å². The zero-order valence-electron chi connectivity index (χ0n) is 25.8. The Morgan fingerprint density at radius 1 is 1.05 bits per heavy atom. The van der Waals surface area contributed by atoms with Crippen LogP contribution >= 0.6 is 0 Å². The number of anilines is 1. The normalized spacial score (nSPS) is 18.0. The van der Waals surface area contributed by atoms with E-state index in [-0.39, 0.29) is 29.6 Å². The van der Waals surface area contributed by atoms with Crippen molar-refractivity contribution in [3.8, 4) is 11.1 Å². The lowest BCUT2D eigenvalue weighted by Crippen LogP contribution is -2.53. The van der Waals surface area contributed by atoms with Crippen molar-refractivity contribution in [1.82, 2.24) is 35.5 Å². The van der Waals surface area contributed by atoms with Gasteiger partial charge in [-0.25, -0.2) is 9.67 Å². The summed E-state index contributed by atoms with van der Waals surface area (Å²) in [5, 5.41) is 21.2. The molecule has 3 aromatic rings. The molecule has 11 heteroatoms. The van der Waals surface area contributed by atoms with E-state index in [1.54, 1.807) is 23.7 Å². The van der Waals surface area contributed by atoms with Crippen molar-refractivity contribution >= 4 is 17.6 Å². The van der Waals surface area contributed by atoms with Crippen molar-refractivity contribution in [2.24, 2.45) is 17.8 Å². The molecule has 43 heavy (non-hydrogen) atoms. The summed E-state index contributed by atoms with van der Waals surface area (Å²) in [7, 11) is 0. The van der Waals surface area contributed by atoms with Crippen LogP contribution in [0, 0.1) is 37.5 Å². The zero-order chi connectivity index (χ0) is 30.5. The molecule has 5 rings (SSSR count). The molecule has 0 spiro atoms. The Balaban J connectivity index is 1.47. The first kappa shape index (κ1) is 30.8. The average molecular weight is 593 g/mol. The Labute approximate surface area is 253 Å². The van der Waals surface area contributed by atoms with Crippen molar-refractivity contribution in [1.29, 1.82) is 0 Å². The number of carbonyl (C=O) groups is 2. The predicted octanol–water partition coefficient (Wildman–Crippen LogP) is 6.30. The van der Waals surface area contributed by atoms with E-state index in [1.807, 2.05) is 20.8 Å². The van der Waals surface area contributed by atoms with Crippen LogP contribution in [0.2, 0.25) is 0 Å². The van der Waals surface area contributed by atoms with Crippen molar-refractivity contribution in [3.63, 3.8) is 0 Å². The molecule has 2 unspecified atom stereocenters. The lowest BCUT2D eigenvalue weighted by atomic mass is 9.66. The van der Waals surface area contributed by atoms with Crippen LogP contribution in [-0.4, -0.2) is 48.0 Å². The maximum Gasteiger partial charge on any atom is 0.271 e. The Morgan fingerprint density at radius 2 is 1.70 bits per heavy atom. The number of hydrogen-bond acceptors (Lipinski definition) is 6. The molecular weight excluding hydrogens is 547 g/mol. The largest absolute Gasteiger partial charge is 0.339 e. The average Bonchev–Trinajstić information content (AvgIpc) is 3.64. The molecule has 2 atom stereocenters. The van der Waals surface area contributed by atoms with Crippen LogP contribution in [0.15, 0.2) is 18.3 Å². The van der Waals surface area contributed by atoms with E-state index in [0.717, 1.165) is 63.5 Å². The summed E-state index contributed by atoms with van der Waals surface area (Å²) in [6.45, 7) is 7.65. The number of rotatable bonds is 10. The first-order valence-corrected chi connectivity index (χ1v) is 16.0. The van der Waals surface area contributed by atoms with Crippen LogP contribution in [0.3, 0.4) is 0 Å². The van der Waals surface area contributed by atoms with Crippen molar-refractivity contribution in [3.05, 3.63) is 41.4 Å². The highest BCUT2D eigenvalue weighted by molar-refractivity contribution is 6.00. The van der Waals surface area contributed by atoms with E-state index in [1.165, 1.54) is 19.0 Å². The fourth-order valence-corrected chi connectivity index (χ4v) is 7.27. The molecule has 3 N–H and O–H groups in total. The fraction of sp³-hybridized carbons (Fsp3) is 0.625. The number of aryl methyl sites for hydroxylation is 2. The second kappa shape index (κ2) is 13.8. The first-order chi connectivity index (χ1) is 20.8. The Kier molecular flexibility index (Phi) is 9.87. The molecule has 3 heterocycles. The smallest absolute Gasteiger partial charge is 0.271 e. The second-order valence-electron chi connectivity index (χ2n) is 12.5. The molecule has 2 aliphatic carbocycles. The van der Waals surface area contributed by atoms with Crippen LogP contribution in [-0.2, 0) is 4.79 Å². The maximum absolute atomic E-state index is 15.3. The molecule has 10 nitrogen and oxygen atoms in total. The molecule has 0 bridgehead atoms. The van der Waals surface area contributed by atoms with E-state index in [0.29, 0.717) is 34.4 Å². The molecule has 2 amide bonds. The Hall–Kier alpha value is -3.63. The minimum atomic E-state index is -0.804. The van der Waals surface area contributed by atoms with Gasteiger partial charge in [-0.15, -0.1) is 5.10 Å². The van der Waals surface area contributed by atoms with Gasteiger partial charge in [0.25, 0.3) is 5.91 Å². The Bertz CT molecular complexity index is 1370. The van der Waals surface area contributed by atoms with E-state index in [9.17, 15) is 9.59 Å². The maximum atomic E-state index is 15.3. The predicted molar refractivity (Wildman–Crippen MR) is 163 cm³/mol. The number of nitrogens with one attached hydrogen (secondary N) is 3. The summed E-state index contributed by atoms with van der Waals surface area (Å²) in [6, 6.07) is 2.41. The minimum absolute atomic E-state index is 0.0174. The number of amides is 2. The highest BCUT2D eigenvalue weighted by Gasteiger charge is 2.41. The summed E-state index contributed by atoms with van der Waals surface area (Å²) in [4.78, 5) is 32.1. The number of aromatic nitrogens is 6. The number of halogens is 1. The highest BCUT2D eigenvalue weighted by Crippen LogP contribution is 2.42. The number of carbonyl (C=O) groups excluding carboxylic acids is 2. The van der Waals surface area contributed by atoms with E-state index >= 15 is 4.39 Å². The van der Waals surface area contributed by atoms with Crippen molar-refractivity contribution < 1.29 is 14.0 Å². The van der Waals surface area contributed by atoms with Gasteiger partial charge in [0, 0.05) is 16.8 Å². The van der Waals surface area contributed by atoms with Gasteiger partial charge in [-0.2, -0.15) is 9.49 Å². The lowest BCUT2D eigenvalue weighted by Gasteiger charge is -2.41. The molecule has 232 valence electrons. The van der Waals surface area contributed by atoms with Crippen LogP contribution in [0.25, 0.3) is 11.1 Å². The number of H-pyrrole nitrogens is 1. The second-order valence-corrected chi connectivity index (χ2v) is 12.5. The van der Waals surface area contributed by atoms with Crippen molar-refractivity contribution in [2.45, 2.75) is 110 Å². The molecule has 2 saturated carbocycles. The molecule has 0 aromatic carbocycles. The molecule has 0 aliphatic heterocycles. The molecular formula is C32H45FN8O2. The fourth-order valence-electron chi connectivity index (χ4n) is 7.27. The third kappa shape index (κ3) is 6.80. The van der Waals surface area contributed by atoms with Crippen LogP contribution in [0.4, 0.5) is 10.2 Å².